The van der Waals surface area contributed by atoms with E-state index in [2.05, 4.69) is 15.4 Å². The summed E-state index contributed by atoms with van der Waals surface area (Å²) in [5.74, 6) is 1.93. The van der Waals surface area contributed by atoms with E-state index >= 15 is 0 Å². The van der Waals surface area contributed by atoms with Crippen molar-refractivity contribution in [2.45, 2.75) is 87.8 Å². The maximum atomic E-state index is 13.8. The van der Waals surface area contributed by atoms with Crippen LogP contribution in [0.2, 0.25) is 0 Å². The van der Waals surface area contributed by atoms with Gasteiger partial charge in [-0.1, -0.05) is 6.42 Å². The molecule has 7 rings (SSSR count). The highest BCUT2D eigenvalue weighted by Gasteiger charge is 2.57. The molecule has 1 aromatic heterocycles. The first-order chi connectivity index (χ1) is 13.6. The zero-order valence-electron chi connectivity index (χ0n) is 16.4. The van der Waals surface area contributed by atoms with Crippen molar-refractivity contribution in [3.8, 4) is 0 Å². The summed E-state index contributed by atoms with van der Waals surface area (Å²) >= 11 is 0. The summed E-state index contributed by atoms with van der Waals surface area (Å²) in [6.45, 7) is 0. The van der Waals surface area contributed by atoms with Gasteiger partial charge in [-0.2, -0.15) is 0 Å². The van der Waals surface area contributed by atoms with E-state index in [4.69, 9.17) is 0 Å². The van der Waals surface area contributed by atoms with Gasteiger partial charge in [0, 0.05) is 18.2 Å². The van der Waals surface area contributed by atoms with E-state index in [1.54, 1.807) is 12.5 Å². The molecule has 1 amide bonds. The molecular weight excluding hydrogens is 352 g/mol. The fourth-order valence-electron chi connectivity index (χ4n) is 6.71. The lowest BCUT2D eigenvalue weighted by molar-refractivity contribution is -0.161. The van der Waals surface area contributed by atoms with Crippen molar-refractivity contribution in [3.05, 3.63) is 23.8 Å². The minimum atomic E-state index is -0.479. The first-order valence-electron chi connectivity index (χ1n) is 11.2. The number of aromatic nitrogens is 2. The Labute approximate surface area is 166 Å². The zero-order chi connectivity index (χ0) is 18.9. The van der Waals surface area contributed by atoms with E-state index in [-0.39, 0.29) is 11.9 Å². The molecule has 6 nitrogen and oxygen atoms in total. The van der Waals surface area contributed by atoms with Gasteiger partial charge in [0.25, 0.3) is 5.91 Å². The highest BCUT2D eigenvalue weighted by Crippen LogP contribution is 2.57. The predicted molar refractivity (Wildman–Crippen MR) is 103 cm³/mol. The SMILES string of the molecule is O=C(c1cncnc1C1CC1)N(NC1CCC1)[C@H]1C2CC3CC1C[C@@](O)(C3)C2. The lowest BCUT2D eigenvalue weighted by Crippen LogP contribution is -2.66. The van der Waals surface area contributed by atoms with Crippen LogP contribution >= 0.6 is 0 Å². The topological polar surface area (TPSA) is 78.4 Å². The smallest absolute Gasteiger partial charge is 0.271 e. The van der Waals surface area contributed by atoms with Gasteiger partial charge in [0.1, 0.15) is 6.33 Å². The van der Waals surface area contributed by atoms with Crippen LogP contribution in [0, 0.1) is 17.8 Å². The van der Waals surface area contributed by atoms with Crippen LogP contribution in [0.15, 0.2) is 12.5 Å². The molecule has 6 heteroatoms. The fraction of sp³-hybridized carbons (Fsp3) is 0.773. The Kier molecular flexibility index (Phi) is 3.86. The monoisotopic (exact) mass is 382 g/mol. The second kappa shape index (κ2) is 6.23. The summed E-state index contributed by atoms with van der Waals surface area (Å²) in [4.78, 5) is 22.5. The van der Waals surface area contributed by atoms with Crippen LogP contribution < -0.4 is 5.43 Å². The largest absolute Gasteiger partial charge is 0.390 e. The van der Waals surface area contributed by atoms with Crippen LogP contribution in [0.4, 0.5) is 0 Å². The van der Waals surface area contributed by atoms with Crippen molar-refractivity contribution in [2.24, 2.45) is 17.8 Å². The summed E-state index contributed by atoms with van der Waals surface area (Å²) in [6.07, 6.45) is 14.0. The van der Waals surface area contributed by atoms with Gasteiger partial charge in [0.15, 0.2) is 0 Å². The number of rotatable bonds is 5. The molecular formula is C22H30N4O2. The fourth-order valence-corrected chi connectivity index (χ4v) is 6.71. The van der Waals surface area contributed by atoms with Gasteiger partial charge in [-0.3, -0.25) is 9.80 Å². The number of nitrogens with one attached hydrogen (secondary N) is 1. The molecule has 1 aromatic rings. The van der Waals surface area contributed by atoms with E-state index in [0.29, 0.717) is 35.3 Å². The zero-order valence-corrected chi connectivity index (χ0v) is 16.4. The number of hydrogen-bond donors (Lipinski definition) is 2. The minimum absolute atomic E-state index is 0.0545. The molecule has 2 atom stereocenters. The Hall–Kier alpha value is -1.53. The molecule has 2 N–H and O–H groups in total. The number of carbonyl (C=O) groups is 1. The van der Waals surface area contributed by atoms with Crippen molar-refractivity contribution in [2.75, 3.05) is 0 Å². The minimum Gasteiger partial charge on any atom is -0.390 e. The Bertz CT molecular complexity index is 774. The van der Waals surface area contributed by atoms with Crippen LogP contribution in [0.5, 0.6) is 0 Å². The van der Waals surface area contributed by atoms with Gasteiger partial charge >= 0.3 is 0 Å². The van der Waals surface area contributed by atoms with Crippen LogP contribution in [0.3, 0.4) is 0 Å². The van der Waals surface area contributed by atoms with Crippen LogP contribution in [0.1, 0.15) is 86.2 Å². The third-order valence-corrected chi connectivity index (χ3v) is 8.07. The molecule has 6 aliphatic rings. The standard InChI is InChI=1S/C22H30N4O2/c27-21(18-11-23-12-24-19(18)14-4-5-14)26(25-17-2-1-3-17)20-15-6-13-7-16(20)10-22(28,8-13)9-15/h11-17,20,25,28H,1-10H2/t13?,15?,16?,20-,22+. The molecule has 0 radical (unpaired) electrons. The van der Waals surface area contributed by atoms with Crippen molar-refractivity contribution >= 4 is 5.91 Å². The molecule has 4 bridgehead atoms. The Morgan fingerprint density at radius 3 is 2.50 bits per heavy atom. The maximum Gasteiger partial charge on any atom is 0.271 e. The van der Waals surface area contributed by atoms with Gasteiger partial charge in [0.05, 0.1) is 22.9 Å². The third-order valence-electron chi connectivity index (χ3n) is 8.07. The third kappa shape index (κ3) is 2.79. The quantitative estimate of drug-likeness (QED) is 0.766. The van der Waals surface area contributed by atoms with E-state index in [1.807, 2.05) is 5.01 Å². The van der Waals surface area contributed by atoms with Crippen LogP contribution in [-0.2, 0) is 0 Å². The second-order valence-electron chi connectivity index (χ2n) is 10.2. The molecule has 0 saturated heterocycles. The molecule has 0 aliphatic heterocycles. The highest BCUT2D eigenvalue weighted by molar-refractivity contribution is 5.95. The predicted octanol–water partition coefficient (Wildman–Crippen LogP) is 2.79. The van der Waals surface area contributed by atoms with E-state index in [1.165, 1.54) is 6.42 Å². The Morgan fingerprint density at radius 1 is 1.14 bits per heavy atom. The first kappa shape index (κ1) is 17.3. The van der Waals surface area contributed by atoms with Crippen LogP contribution in [-0.4, -0.2) is 43.7 Å². The summed E-state index contributed by atoms with van der Waals surface area (Å²) < 4.78 is 0. The molecule has 28 heavy (non-hydrogen) atoms. The number of aliphatic hydroxyl groups is 1. The van der Waals surface area contributed by atoms with E-state index in [9.17, 15) is 9.90 Å². The number of nitrogens with zero attached hydrogens (tertiary/aromatic N) is 3. The Morgan fingerprint density at radius 2 is 1.89 bits per heavy atom. The lowest BCUT2D eigenvalue weighted by Gasteiger charge is -2.60. The molecule has 6 saturated carbocycles. The Balaban J connectivity index is 1.34. The summed E-state index contributed by atoms with van der Waals surface area (Å²) in [6, 6.07) is 0.593. The average Bonchev–Trinajstić information content (AvgIpc) is 3.45. The average molecular weight is 383 g/mol. The van der Waals surface area contributed by atoms with Crippen LogP contribution in [0.25, 0.3) is 0 Å². The second-order valence-corrected chi connectivity index (χ2v) is 10.2. The van der Waals surface area contributed by atoms with Crippen molar-refractivity contribution in [1.29, 1.82) is 0 Å². The van der Waals surface area contributed by atoms with E-state index in [0.717, 1.165) is 63.5 Å². The normalized spacial score (nSPS) is 39.0. The van der Waals surface area contributed by atoms with Crippen molar-refractivity contribution in [1.82, 2.24) is 20.4 Å². The van der Waals surface area contributed by atoms with Gasteiger partial charge in [-0.25, -0.2) is 15.4 Å². The summed E-state index contributed by atoms with van der Waals surface area (Å²) in [5.41, 5.74) is 4.76. The first-order valence-corrected chi connectivity index (χ1v) is 11.2. The van der Waals surface area contributed by atoms with E-state index < -0.39 is 5.60 Å². The van der Waals surface area contributed by atoms with Gasteiger partial charge in [0.2, 0.25) is 0 Å². The number of carbonyl (C=O) groups excluding carboxylic acids is 1. The molecule has 2 unspecified atom stereocenters. The molecule has 150 valence electrons. The molecule has 1 heterocycles. The van der Waals surface area contributed by atoms with Crippen molar-refractivity contribution < 1.29 is 9.90 Å². The maximum absolute atomic E-state index is 13.8. The summed E-state index contributed by atoms with van der Waals surface area (Å²) in [7, 11) is 0. The molecule has 0 aromatic carbocycles. The number of hydrogen-bond acceptors (Lipinski definition) is 5. The van der Waals surface area contributed by atoms with Gasteiger partial charge in [-0.05, 0) is 75.5 Å². The highest BCUT2D eigenvalue weighted by atomic mass is 16.3. The number of amides is 1. The summed E-state index contributed by atoms with van der Waals surface area (Å²) in [5, 5.41) is 13.0. The van der Waals surface area contributed by atoms with Gasteiger partial charge < -0.3 is 5.11 Å². The van der Waals surface area contributed by atoms with Gasteiger partial charge in [-0.15, -0.1) is 0 Å². The molecule has 6 fully saturated rings. The van der Waals surface area contributed by atoms with Crippen molar-refractivity contribution in [3.63, 3.8) is 0 Å². The number of hydrazine groups is 1. The molecule has 6 aliphatic carbocycles. The molecule has 0 spiro atoms. The lowest BCUT2D eigenvalue weighted by atomic mass is 9.52.